The molecule has 106 valence electrons. The summed E-state index contributed by atoms with van der Waals surface area (Å²) in [6, 6.07) is 10.1. The summed E-state index contributed by atoms with van der Waals surface area (Å²) in [5, 5.41) is 2.88. The molecule has 0 saturated heterocycles. The number of benzene rings is 2. The molecule has 21 heavy (non-hydrogen) atoms. The third-order valence-corrected chi connectivity index (χ3v) is 3.62. The lowest BCUT2D eigenvalue weighted by Gasteiger charge is -2.05. The molecule has 0 aliphatic rings. The lowest BCUT2D eigenvalue weighted by Crippen LogP contribution is -2.13. The van der Waals surface area contributed by atoms with Crippen LogP contribution in [0.15, 0.2) is 51.4 Å². The highest BCUT2D eigenvalue weighted by atomic mass is 79.9. The molecule has 3 nitrogen and oxygen atoms in total. The van der Waals surface area contributed by atoms with Crippen LogP contribution in [0.25, 0.3) is 11.0 Å². The van der Waals surface area contributed by atoms with Crippen molar-refractivity contribution < 1.29 is 18.0 Å². The number of para-hydroxylation sites is 1. The quantitative estimate of drug-likeness (QED) is 0.725. The van der Waals surface area contributed by atoms with Gasteiger partial charge >= 0.3 is 0 Å². The van der Waals surface area contributed by atoms with Gasteiger partial charge in [-0.05, 0) is 30.3 Å². The van der Waals surface area contributed by atoms with Gasteiger partial charge in [-0.1, -0.05) is 28.1 Å². The minimum absolute atomic E-state index is 0.0282. The number of fused-ring (bicyclic) bond motifs is 1. The molecule has 0 radical (unpaired) electrons. The Morgan fingerprint density at radius 3 is 2.43 bits per heavy atom. The molecule has 1 amide bonds. The third kappa shape index (κ3) is 2.54. The number of hydrogen-bond donors (Lipinski definition) is 1. The van der Waals surface area contributed by atoms with E-state index in [1.54, 1.807) is 18.2 Å². The molecule has 3 rings (SSSR count). The van der Waals surface area contributed by atoms with Gasteiger partial charge in [-0.3, -0.25) is 4.79 Å². The Labute approximate surface area is 126 Å². The second-order valence-corrected chi connectivity index (χ2v) is 5.17. The highest BCUT2D eigenvalue weighted by Gasteiger charge is 2.17. The van der Waals surface area contributed by atoms with Crippen molar-refractivity contribution in [3.05, 3.63) is 64.3 Å². The molecule has 0 atom stereocenters. The fraction of sp³-hybridized carbons (Fsp3) is 0. The molecule has 1 aromatic heterocycles. The number of hydrogen-bond acceptors (Lipinski definition) is 2. The molecule has 0 spiro atoms. The van der Waals surface area contributed by atoms with Gasteiger partial charge in [-0.2, -0.15) is 0 Å². The van der Waals surface area contributed by atoms with Crippen molar-refractivity contribution in [2.75, 3.05) is 5.32 Å². The molecule has 1 heterocycles. The standard InChI is InChI=1S/C15H8BrF2NO2/c16-9-3-1-6-12-8(9)7-13(21-12)15(20)19-14-10(17)4-2-5-11(14)18/h1-7H,(H,19,20). The van der Waals surface area contributed by atoms with E-state index >= 15 is 0 Å². The SMILES string of the molecule is O=C(Nc1c(F)cccc1F)c1cc2c(Br)cccc2o1. The molecule has 3 aromatic rings. The van der Waals surface area contributed by atoms with Crippen LogP contribution in [-0.2, 0) is 0 Å². The van der Waals surface area contributed by atoms with Gasteiger partial charge < -0.3 is 9.73 Å². The fourth-order valence-corrected chi connectivity index (χ4v) is 2.39. The number of amides is 1. The van der Waals surface area contributed by atoms with Gasteiger partial charge in [0.15, 0.2) is 5.76 Å². The van der Waals surface area contributed by atoms with E-state index in [9.17, 15) is 13.6 Å². The second-order valence-electron chi connectivity index (χ2n) is 4.31. The van der Waals surface area contributed by atoms with E-state index in [2.05, 4.69) is 21.2 Å². The Hall–Kier alpha value is -2.21. The van der Waals surface area contributed by atoms with Crippen LogP contribution < -0.4 is 5.32 Å². The van der Waals surface area contributed by atoms with E-state index in [-0.39, 0.29) is 5.76 Å². The molecule has 0 fully saturated rings. The van der Waals surface area contributed by atoms with E-state index in [1.165, 1.54) is 12.1 Å². The van der Waals surface area contributed by atoms with Gasteiger partial charge in [0.25, 0.3) is 5.91 Å². The summed E-state index contributed by atoms with van der Waals surface area (Å²) in [5.74, 6) is -2.44. The largest absolute Gasteiger partial charge is 0.451 e. The maximum atomic E-state index is 13.5. The normalized spacial score (nSPS) is 10.8. The van der Waals surface area contributed by atoms with Crippen molar-refractivity contribution in [2.45, 2.75) is 0 Å². The number of carbonyl (C=O) groups excluding carboxylic acids is 1. The predicted octanol–water partition coefficient (Wildman–Crippen LogP) is 4.73. The summed E-state index contributed by atoms with van der Waals surface area (Å²) in [6.45, 7) is 0. The maximum absolute atomic E-state index is 13.5. The van der Waals surface area contributed by atoms with Gasteiger partial charge in [0.05, 0.1) is 0 Å². The first kappa shape index (κ1) is 13.8. The molecule has 0 unspecified atom stereocenters. The summed E-state index contributed by atoms with van der Waals surface area (Å²) in [4.78, 5) is 12.0. The zero-order valence-corrected chi connectivity index (χ0v) is 12.1. The summed E-state index contributed by atoms with van der Waals surface area (Å²) >= 11 is 3.34. The summed E-state index contributed by atoms with van der Waals surface area (Å²) < 4.78 is 33.1. The van der Waals surface area contributed by atoms with E-state index in [0.29, 0.717) is 11.0 Å². The summed E-state index contributed by atoms with van der Waals surface area (Å²) in [7, 11) is 0. The number of carbonyl (C=O) groups is 1. The molecule has 1 N–H and O–H groups in total. The molecule has 6 heteroatoms. The molecule has 0 aliphatic heterocycles. The Morgan fingerprint density at radius 1 is 1.10 bits per heavy atom. The van der Waals surface area contributed by atoms with Crippen molar-refractivity contribution in [2.24, 2.45) is 0 Å². The highest BCUT2D eigenvalue weighted by Crippen LogP contribution is 2.27. The Morgan fingerprint density at radius 2 is 1.76 bits per heavy atom. The third-order valence-electron chi connectivity index (χ3n) is 2.93. The highest BCUT2D eigenvalue weighted by molar-refractivity contribution is 9.10. The van der Waals surface area contributed by atoms with Crippen molar-refractivity contribution in [3.63, 3.8) is 0 Å². The zero-order chi connectivity index (χ0) is 15.0. The number of halogens is 3. The first-order valence-electron chi connectivity index (χ1n) is 5.99. The van der Waals surface area contributed by atoms with Crippen LogP contribution in [0, 0.1) is 11.6 Å². The molecule has 2 aromatic carbocycles. The van der Waals surface area contributed by atoms with Crippen LogP contribution in [0.5, 0.6) is 0 Å². The van der Waals surface area contributed by atoms with Crippen molar-refractivity contribution in [1.29, 1.82) is 0 Å². The Kier molecular flexibility index (Phi) is 3.47. The first-order chi connectivity index (χ1) is 10.1. The zero-order valence-electron chi connectivity index (χ0n) is 10.5. The first-order valence-corrected chi connectivity index (χ1v) is 6.79. The molecular formula is C15H8BrF2NO2. The topological polar surface area (TPSA) is 42.2 Å². The summed E-state index contributed by atoms with van der Waals surface area (Å²) in [6.07, 6.45) is 0. The molecule has 0 bridgehead atoms. The second kappa shape index (κ2) is 5.29. The Bertz CT molecular complexity index is 825. The van der Waals surface area contributed by atoms with Gasteiger partial charge in [0, 0.05) is 9.86 Å². The molecular weight excluding hydrogens is 344 g/mol. The van der Waals surface area contributed by atoms with Gasteiger partial charge in [0.2, 0.25) is 0 Å². The number of furan rings is 1. The monoisotopic (exact) mass is 351 g/mol. The average molecular weight is 352 g/mol. The lowest BCUT2D eigenvalue weighted by atomic mass is 10.2. The number of rotatable bonds is 2. The minimum atomic E-state index is -0.847. The van der Waals surface area contributed by atoms with Crippen LogP contribution >= 0.6 is 15.9 Å². The smallest absolute Gasteiger partial charge is 0.291 e. The maximum Gasteiger partial charge on any atom is 0.291 e. The van der Waals surface area contributed by atoms with E-state index < -0.39 is 23.2 Å². The number of anilines is 1. The van der Waals surface area contributed by atoms with Gasteiger partial charge in [-0.25, -0.2) is 8.78 Å². The summed E-state index contributed by atoms with van der Waals surface area (Å²) in [5.41, 5.74) is 0.00514. The van der Waals surface area contributed by atoms with E-state index in [1.807, 2.05) is 0 Å². The van der Waals surface area contributed by atoms with Crippen LogP contribution in [0.3, 0.4) is 0 Å². The Balaban J connectivity index is 1.96. The molecule has 0 saturated carbocycles. The van der Waals surface area contributed by atoms with Crippen LogP contribution in [-0.4, -0.2) is 5.91 Å². The van der Waals surface area contributed by atoms with Crippen molar-refractivity contribution in [3.8, 4) is 0 Å². The molecule has 0 aliphatic carbocycles. The average Bonchev–Trinajstić information content (AvgIpc) is 2.88. The van der Waals surface area contributed by atoms with Crippen molar-refractivity contribution in [1.82, 2.24) is 0 Å². The van der Waals surface area contributed by atoms with Crippen LogP contribution in [0.4, 0.5) is 14.5 Å². The minimum Gasteiger partial charge on any atom is -0.451 e. The number of nitrogens with one attached hydrogen (secondary N) is 1. The van der Waals surface area contributed by atoms with Crippen LogP contribution in [0.1, 0.15) is 10.6 Å². The lowest BCUT2D eigenvalue weighted by molar-refractivity contribution is 0.0997. The van der Waals surface area contributed by atoms with E-state index in [0.717, 1.165) is 16.6 Å². The van der Waals surface area contributed by atoms with Crippen molar-refractivity contribution >= 4 is 38.5 Å². The van der Waals surface area contributed by atoms with E-state index in [4.69, 9.17) is 4.42 Å². The van der Waals surface area contributed by atoms with Crippen LogP contribution in [0.2, 0.25) is 0 Å². The fourth-order valence-electron chi connectivity index (χ4n) is 1.93. The van der Waals surface area contributed by atoms with Gasteiger partial charge in [0.1, 0.15) is 22.9 Å². The predicted molar refractivity (Wildman–Crippen MR) is 78.2 cm³/mol. The van der Waals surface area contributed by atoms with Gasteiger partial charge in [-0.15, -0.1) is 0 Å².